The van der Waals surface area contributed by atoms with Crippen LogP contribution in [0.25, 0.3) is 0 Å². The first-order valence-corrected chi connectivity index (χ1v) is 9.97. The van der Waals surface area contributed by atoms with Crippen LogP contribution in [0.5, 0.6) is 0 Å². The van der Waals surface area contributed by atoms with E-state index >= 15 is 0 Å². The molecule has 0 saturated heterocycles. The van der Waals surface area contributed by atoms with Crippen LogP contribution in [0.15, 0.2) is 0 Å². The van der Waals surface area contributed by atoms with Gasteiger partial charge in [0, 0.05) is 5.92 Å². The zero-order chi connectivity index (χ0) is 15.5. The van der Waals surface area contributed by atoms with Gasteiger partial charge in [0.2, 0.25) is 0 Å². The van der Waals surface area contributed by atoms with Gasteiger partial charge in [0.15, 0.2) is 0 Å². The topological polar surface area (TPSA) is 17.1 Å². The predicted octanol–water partition coefficient (Wildman–Crippen LogP) is 5.62. The molecule has 4 aliphatic rings. The number of carbonyl (C=O) groups is 1. The normalized spacial score (nSPS) is 54.2. The molecule has 0 aromatic carbocycles. The Morgan fingerprint density at radius 1 is 0.818 bits per heavy atom. The molecule has 0 radical (unpaired) electrons. The molecule has 0 amide bonds. The Labute approximate surface area is 136 Å². The Bertz CT molecular complexity index is 469. The van der Waals surface area contributed by atoms with E-state index in [9.17, 15) is 4.79 Å². The molecule has 22 heavy (non-hydrogen) atoms. The van der Waals surface area contributed by atoms with E-state index in [4.69, 9.17) is 0 Å². The summed E-state index contributed by atoms with van der Waals surface area (Å²) in [4.78, 5) is 12.2. The molecule has 4 rings (SSSR count). The summed E-state index contributed by atoms with van der Waals surface area (Å²) in [5.41, 5.74) is 0.974. The second-order valence-corrected chi connectivity index (χ2v) is 9.69. The summed E-state index contributed by atoms with van der Waals surface area (Å²) in [6.07, 6.45) is 14.1. The lowest BCUT2D eigenvalue weighted by atomic mass is 9.45. The number of carbonyl (C=O) groups excluding carboxylic acids is 1. The highest BCUT2D eigenvalue weighted by Crippen LogP contribution is 2.67. The summed E-state index contributed by atoms with van der Waals surface area (Å²) in [7, 11) is 0. The fourth-order valence-corrected chi connectivity index (χ4v) is 7.96. The molecule has 4 aliphatic carbocycles. The van der Waals surface area contributed by atoms with Gasteiger partial charge in [0.1, 0.15) is 5.78 Å². The fourth-order valence-electron chi connectivity index (χ4n) is 7.96. The Balaban J connectivity index is 1.63. The molecule has 0 aliphatic heterocycles. The third-order valence-corrected chi connectivity index (χ3v) is 9.07. The van der Waals surface area contributed by atoms with E-state index in [1.807, 2.05) is 6.92 Å². The van der Waals surface area contributed by atoms with E-state index in [-0.39, 0.29) is 0 Å². The van der Waals surface area contributed by atoms with Gasteiger partial charge in [-0.3, -0.25) is 4.79 Å². The molecule has 4 fully saturated rings. The van der Waals surface area contributed by atoms with Gasteiger partial charge in [-0.25, -0.2) is 0 Å². The van der Waals surface area contributed by atoms with Gasteiger partial charge >= 0.3 is 0 Å². The number of rotatable bonds is 1. The Morgan fingerprint density at radius 3 is 2.36 bits per heavy atom. The average molecular weight is 303 g/mol. The molecule has 0 heterocycles. The first-order chi connectivity index (χ1) is 10.5. The number of fused-ring (bicyclic) bond motifs is 5. The SMILES string of the molecule is CC(=O)[C@H]1CCC2[C@@H]3CCC4CCCCC4(C)C3CCC21C. The second kappa shape index (κ2) is 5.08. The van der Waals surface area contributed by atoms with Crippen molar-refractivity contribution in [2.24, 2.45) is 40.4 Å². The highest BCUT2D eigenvalue weighted by atomic mass is 16.1. The minimum atomic E-state index is 0.338. The number of ketones is 1. The standard InChI is InChI=1S/C21H34O/c1-14(22)17-9-10-18-16-8-7-15-6-4-5-12-20(15,2)19(16)11-13-21(17,18)3/h15-19H,4-13H2,1-3H3/t15?,16-,17+,18?,19?,20?,21?/m0/s1. The van der Waals surface area contributed by atoms with Crippen molar-refractivity contribution in [1.82, 2.24) is 0 Å². The van der Waals surface area contributed by atoms with Crippen LogP contribution in [0.4, 0.5) is 0 Å². The second-order valence-electron chi connectivity index (χ2n) is 9.69. The van der Waals surface area contributed by atoms with Gasteiger partial charge in [-0.1, -0.05) is 26.7 Å². The van der Waals surface area contributed by atoms with E-state index in [1.165, 1.54) is 64.2 Å². The van der Waals surface area contributed by atoms with Gasteiger partial charge in [-0.05, 0) is 92.8 Å². The van der Waals surface area contributed by atoms with Gasteiger partial charge < -0.3 is 0 Å². The van der Waals surface area contributed by atoms with Crippen LogP contribution in [0.1, 0.15) is 85.0 Å². The molecule has 5 unspecified atom stereocenters. The summed E-state index contributed by atoms with van der Waals surface area (Å²) in [6, 6.07) is 0. The Morgan fingerprint density at radius 2 is 1.59 bits per heavy atom. The van der Waals surface area contributed by atoms with Crippen LogP contribution >= 0.6 is 0 Å². The van der Waals surface area contributed by atoms with Crippen LogP contribution < -0.4 is 0 Å². The number of hydrogen-bond donors (Lipinski definition) is 0. The molecule has 0 aromatic rings. The predicted molar refractivity (Wildman–Crippen MR) is 90.5 cm³/mol. The van der Waals surface area contributed by atoms with Crippen molar-refractivity contribution in [3.8, 4) is 0 Å². The van der Waals surface area contributed by atoms with Crippen molar-refractivity contribution >= 4 is 5.78 Å². The fraction of sp³-hybridized carbons (Fsp3) is 0.952. The molecule has 0 aromatic heterocycles. The molecule has 0 bridgehead atoms. The maximum atomic E-state index is 12.2. The highest BCUT2D eigenvalue weighted by Gasteiger charge is 2.60. The van der Waals surface area contributed by atoms with Crippen molar-refractivity contribution < 1.29 is 4.79 Å². The largest absolute Gasteiger partial charge is 0.300 e. The summed E-state index contributed by atoms with van der Waals surface area (Å²) in [5, 5.41) is 0. The monoisotopic (exact) mass is 302 g/mol. The molecule has 0 N–H and O–H groups in total. The van der Waals surface area contributed by atoms with Gasteiger partial charge in [-0.2, -0.15) is 0 Å². The summed E-state index contributed by atoms with van der Waals surface area (Å²) < 4.78 is 0. The van der Waals surface area contributed by atoms with E-state index in [0.29, 0.717) is 22.5 Å². The molecule has 124 valence electrons. The maximum Gasteiger partial charge on any atom is 0.133 e. The Kier molecular flexibility index (Phi) is 3.51. The molecular formula is C21H34O. The van der Waals surface area contributed by atoms with E-state index < -0.39 is 0 Å². The first-order valence-electron chi connectivity index (χ1n) is 9.97. The van der Waals surface area contributed by atoms with Crippen molar-refractivity contribution in [1.29, 1.82) is 0 Å². The van der Waals surface area contributed by atoms with Crippen molar-refractivity contribution in [3.63, 3.8) is 0 Å². The summed E-state index contributed by atoms with van der Waals surface area (Å²) in [6.45, 7) is 6.97. The minimum Gasteiger partial charge on any atom is -0.300 e. The molecular weight excluding hydrogens is 268 g/mol. The first kappa shape index (κ1) is 15.2. The zero-order valence-electron chi connectivity index (χ0n) is 14.9. The molecule has 1 heteroatoms. The number of Topliss-reactive ketones (excluding diaryl/α,β-unsaturated/α-hetero) is 1. The van der Waals surface area contributed by atoms with Crippen LogP contribution in [0, 0.1) is 40.4 Å². The van der Waals surface area contributed by atoms with E-state index in [0.717, 1.165) is 23.7 Å². The number of hydrogen-bond acceptors (Lipinski definition) is 1. The maximum absolute atomic E-state index is 12.2. The Hall–Kier alpha value is -0.330. The highest BCUT2D eigenvalue weighted by molar-refractivity contribution is 5.79. The van der Waals surface area contributed by atoms with Crippen molar-refractivity contribution in [2.75, 3.05) is 0 Å². The lowest BCUT2D eigenvalue weighted by molar-refractivity contribution is -0.133. The third-order valence-electron chi connectivity index (χ3n) is 9.07. The van der Waals surface area contributed by atoms with Gasteiger partial charge in [-0.15, -0.1) is 0 Å². The van der Waals surface area contributed by atoms with E-state index in [2.05, 4.69) is 13.8 Å². The zero-order valence-corrected chi connectivity index (χ0v) is 14.9. The van der Waals surface area contributed by atoms with Crippen LogP contribution in [-0.4, -0.2) is 5.78 Å². The molecule has 1 nitrogen and oxygen atoms in total. The lowest BCUT2D eigenvalue weighted by Crippen LogP contribution is -2.53. The van der Waals surface area contributed by atoms with Crippen LogP contribution in [0.2, 0.25) is 0 Å². The van der Waals surface area contributed by atoms with Gasteiger partial charge in [0.05, 0.1) is 0 Å². The molecule has 4 saturated carbocycles. The lowest BCUT2D eigenvalue weighted by Gasteiger charge is -2.60. The minimum absolute atomic E-state index is 0.338. The van der Waals surface area contributed by atoms with Crippen molar-refractivity contribution in [3.05, 3.63) is 0 Å². The molecule has 7 atom stereocenters. The van der Waals surface area contributed by atoms with E-state index in [1.54, 1.807) is 0 Å². The third kappa shape index (κ3) is 1.93. The summed E-state index contributed by atoms with van der Waals surface area (Å²) >= 11 is 0. The van der Waals surface area contributed by atoms with Crippen LogP contribution in [-0.2, 0) is 4.79 Å². The van der Waals surface area contributed by atoms with Crippen molar-refractivity contribution in [2.45, 2.75) is 85.0 Å². The van der Waals surface area contributed by atoms with Crippen LogP contribution in [0.3, 0.4) is 0 Å². The molecule has 0 spiro atoms. The quantitative estimate of drug-likeness (QED) is 0.614. The average Bonchev–Trinajstić information content (AvgIpc) is 2.84. The summed E-state index contributed by atoms with van der Waals surface area (Å²) in [5.74, 6) is 4.60. The van der Waals surface area contributed by atoms with Gasteiger partial charge in [0.25, 0.3) is 0 Å². The smallest absolute Gasteiger partial charge is 0.133 e.